The minimum atomic E-state index is -0.237. The molecule has 0 spiro atoms. The lowest BCUT2D eigenvalue weighted by molar-refractivity contribution is -0.141. The standard InChI is InChI=1S/C11H21N3O2.ClH/c1-9(15)14-7-4-5-10(14)11(16)13(3)8-6-12-2;/h10,12H,4-8H2,1-3H3;1H. The number of amides is 2. The molecule has 0 aliphatic carbocycles. The first-order valence-corrected chi connectivity index (χ1v) is 5.74. The van der Waals surface area contributed by atoms with Crippen LogP contribution in [0.15, 0.2) is 0 Å². The molecule has 0 aromatic heterocycles. The lowest BCUT2D eigenvalue weighted by atomic mass is 10.2. The molecule has 5 nitrogen and oxygen atoms in total. The van der Waals surface area contributed by atoms with Crippen LogP contribution in [-0.2, 0) is 9.59 Å². The molecule has 1 rings (SSSR count). The molecule has 0 bridgehead atoms. The van der Waals surface area contributed by atoms with Crippen LogP contribution in [0.2, 0.25) is 0 Å². The van der Waals surface area contributed by atoms with E-state index < -0.39 is 0 Å². The SMILES string of the molecule is CNCCN(C)C(=O)C1CCCN1C(C)=O.Cl. The predicted molar refractivity (Wildman–Crippen MR) is 69.2 cm³/mol. The Morgan fingerprint density at radius 1 is 1.47 bits per heavy atom. The highest BCUT2D eigenvalue weighted by Crippen LogP contribution is 2.18. The Bertz CT molecular complexity index is 273. The van der Waals surface area contributed by atoms with Crippen LogP contribution in [0.4, 0.5) is 0 Å². The summed E-state index contributed by atoms with van der Waals surface area (Å²) in [4.78, 5) is 26.8. The van der Waals surface area contributed by atoms with E-state index in [0.717, 1.165) is 19.4 Å². The molecule has 0 radical (unpaired) electrons. The van der Waals surface area contributed by atoms with Gasteiger partial charge >= 0.3 is 0 Å². The van der Waals surface area contributed by atoms with E-state index in [1.165, 1.54) is 6.92 Å². The van der Waals surface area contributed by atoms with E-state index in [2.05, 4.69) is 5.32 Å². The van der Waals surface area contributed by atoms with Crippen LogP contribution >= 0.6 is 12.4 Å². The summed E-state index contributed by atoms with van der Waals surface area (Å²) in [7, 11) is 3.64. The first-order chi connectivity index (χ1) is 7.57. The van der Waals surface area contributed by atoms with Crippen LogP contribution in [0.5, 0.6) is 0 Å². The molecule has 1 heterocycles. The Morgan fingerprint density at radius 3 is 2.65 bits per heavy atom. The molecule has 1 aliphatic rings. The maximum Gasteiger partial charge on any atom is 0.245 e. The molecule has 0 aromatic rings. The summed E-state index contributed by atoms with van der Waals surface area (Å²) in [5.41, 5.74) is 0. The zero-order chi connectivity index (χ0) is 12.1. The number of likely N-dealkylation sites (N-methyl/N-ethyl adjacent to an activating group) is 2. The zero-order valence-corrected chi connectivity index (χ0v) is 11.5. The molecular formula is C11H22ClN3O2. The molecule has 1 saturated heterocycles. The third-order valence-electron chi connectivity index (χ3n) is 3.02. The topological polar surface area (TPSA) is 52.7 Å². The van der Waals surface area contributed by atoms with Crippen molar-refractivity contribution in [1.82, 2.24) is 15.1 Å². The van der Waals surface area contributed by atoms with Crippen LogP contribution in [0.1, 0.15) is 19.8 Å². The lowest BCUT2D eigenvalue weighted by Crippen LogP contribution is -2.47. The van der Waals surface area contributed by atoms with E-state index in [4.69, 9.17) is 0 Å². The van der Waals surface area contributed by atoms with Gasteiger partial charge in [0.05, 0.1) is 0 Å². The molecule has 1 atom stereocenters. The molecule has 100 valence electrons. The fraction of sp³-hybridized carbons (Fsp3) is 0.818. The third-order valence-corrected chi connectivity index (χ3v) is 3.02. The quantitative estimate of drug-likeness (QED) is 0.783. The zero-order valence-electron chi connectivity index (χ0n) is 10.7. The molecule has 2 amide bonds. The number of likely N-dealkylation sites (tertiary alicyclic amines) is 1. The van der Waals surface area contributed by atoms with Crippen molar-refractivity contribution in [2.75, 3.05) is 33.7 Å². The second kappa shape index (κ2) is 7.50. The van der Waals surface area contributed by atoms with Gasteiger partial charge in [0, 0.05) is 33.6 Å². The molecule has 17 heavy (non-hydrogen) atoms. The Morgan fingerprint density at radius 2 is 2.12 bits per heavy atom. The summed E-state index contributed by atoms with van der Waals surface area (Å²) < 4.78 is 0. The van der Waals surface area contributed by atoms with E-state index in [0.29, 0.717) is 13.1 Å². The lowest BCUT2D eigenvalue weighted by Gasteiger charge is -2.27. The molecule has 0 aromatic carbocycles. The van der Waals surface area contributed by atoms with Crippen molar-refractivity contribution in [3.63, 3.8) is 0 Å². The molecule has 6 heteroatoms. The van der Waals surface area contributed by atoms with Crippen molar-refractivity contribution in [3.8, 4) is 0 Å². The van der Waals surface area contributed by atoms with Crippen LogP contribution in [0.3, 0.4) is 0 Å². The minimum absolute atomic E-state index is 0. The summed E-state index contributed by atoms with van der Waals surface area (Å²) >= 11 is 0. The predicted octanol–water partition coefficient (Wildman–Crippen LogP) is 0.0969. The number of rotatable bonds is 4. The van der Waals surface area contributed by atoms with Crippen molar-refractivity contribution < 1.29 is 9.59 Å². The van der Waals surface area contributed by atoms with Gasteiger partial charge in [0.25, 0.3) is 0 Å². The largest absolute Gasteiger partial charge is 0.343 e. The fourth-order valence-electron chi connectivity index (χ4n) is 2.04. The van der Waals surface area contributed by atoms with Crippen molar-refractivity contribution in [3.05, 3.63) is 0 Å². The summed E-state index contributed by atoms with van der Waals surface area (Å²) in [6, 6.07) is -0.237. The number of carbonyl (C=O) groups excluding carboxylic acids is 2. The van der Waals surface area contributed by atoms with Crippen LogP contribution in [0.25, 0.3) is 0 Å². The normalized spacial score (nSPS) is 18.8. The Hall–Kier alpha value is -0.810. The van der Waals surface area contributed by atoms with E-state index in [1.807, 2.05) is 7.05 Å². The monoisotopic (exact) mass is 263 g/mol. The number of halogens is 1. The Kier molecular flexibility index (Phi) is 7.15. The van der Waals surface area contributed by atoms with Gasteiger partial charge < -0.3 is 15.1 Å². The summed E-state index contributed by atoms with van der Waals surface area (Å²) in [6.45, 7) is 3.69. The first-order valence-electron chi connectivity index (χ1n) is 5.74. The van der Waals surface area contributed by atoms with Gasteiger partial charge in [-0.05, 0) is 19.9 Å². The Labute approximate surface area is 109 Å². The van der Waals surface area contributed by atoms with Gasteiger partial charge in [0.15, 0.2) is 0 Å². The van der Waals surface area contributed by atoms with Crippen molar-refractivity contribution in [2.24, 2.45) is 0 Å². The number of hydrogen-bond donors (Lipinski definition) is 1. The molecule has 0 saturated carbocycles. The van der Waals surface area contributed by atoms with Gasteiger partial charge in [-0.15, -0.1) is 12.4 Å². The second-order valence-corrected chi connectivity index (χ2v) is 4.23. The van der Waals surface area contributed by atoms with Gasteiger partial charge in [-0.3, -0.25) is 9.59 Å². The van der Waals surface area contributed by atoms with E-state index in [-0.39, 0.29) is 30.3 Å². The van der Waals surface area contributed by atoms with Crippen molar-refractivity contribution >= 4 is 24.2 Å². The molecular weight excluding hydrogens is 242 g/mol. The van der Waals surface area contributed by atoms with Gasteiger partial charge in [-0.25, -0.2) is 0 Å². The molecule has 1 aliphatic heterocycles. The molecule has 1 N–H and O–H groups in total. The van der Waals surface area contributed by atoms with Crippen molar-refractivity contribution in [2.45, 2.75) is 25.8 Å². The average molecular weight is 264 g/mol. The number of hydrogen-bond acceptors (Lipinski definition) is 3. The minimum Gasteiger partial charge on any atom is -0.343 e. The summed E-state index contributed by atoms with van der Waals surface area (Å²) in [6.07, 6.45) is 1.72. The highest BCUT2D eigenvalue weighted by Gasteiger charge is 2.33. The van der Waals surface area contributed by atoms with Gasteiger partial charge in [0.2, 0.25) is 11.8 Å². The van der Waals surface area contributed by atoms with Gasteiger partial charge in [0.1, 0.15) is 6.04 Å². The second-order valence-electron chi connectivity index (χ2n) is 4.23. The third kappa shape index (κ3) is 4.16. The average Bonchev–Trinajstić information content (AvgIpc) is 2.73. The summed E-state index contributed by atoms with van der Waals surface area (Å²) in [5.74, 6) is 0.0563. The van der Waals surface area contributed by atoms with Crippen LogP contribution in [-0.4, -0.2) is 61.4 Å². The fourth-order valence-corrected chi connectivity index (χ4v) is 2.04. The van der Waals surface area contributed by atoms with Gasteiger partial charge in [-0.2, -0.15) is 0 Å². The van der Waals surface area contributed by atoms with Crippen LogP contribution < -0.4 is 5.32 Å². The maximum absolute atomic E-state index is 12.1. The van der Waals surface area contributed by atoms with E-state index >= 15 is 0 Å². The number of nitrogens with zero attached hydrogens (tertiary/aromatic N) is 2. The molecule has 1 fully saturated rings. The number of nitrogens with one attached hydrogen (secondary N) is 1. The van der Waals surface area contributed by atoms with Crippen molar-refractivity contribution in [1.29, 1.82) is 0 Å². The smallest absolute Gasteiger partial charge is 0.245 e. The summed E-state index contributed by atoms with van der Waals surface area (Å²) in [5, 5.41) is 3.00. The molecule has 1 unspecified atom stereocenters. The maximum atomic E-state index is 12.1. The number of carbonyl (C=O) groups is 2. The Balaban J connectivity index is 0.00000256. The van der Waals surface area contributed by atoms with E-state index in [1.54, 1.807) is 16.8 Å². The highest BCUT2D eigenvalue weighted by molar-refractivity contribution is 5.87. The van der Waals surface area contributed by atoms with E-state index in [9.17, 15) is 9.59 Å². The van der Waals surface area contributed by atoms with Gasteiger partial charge in [-0.1, -0.05) is 0 Å². The van der Waals surface area contributed by atoms with Crippen LogP contribution in [0, 0.1) is 0 Å². The highest BCUT2D eigenvalue weighted by atomic mass is 35.5. The first kappa shape index (κ1) is 16.2.